The van der Waals surface area contributed by atoms with Crippen molar-refractivity contribution in [2.45, 2.75) is 47.1 Å². The summed E-state index contributed by atoms with van der Waals surface area (Å²) in [5.41, 5.74) is -0.772. The molecule has 0 atom stereocenters. The number of ether oxygens (including phenoxy) is 1. The highest BCUT2D eigenvalue weighted by Crippen LogP contribution is 2.24. The fourth-order valence-electron chi connectivity index (χ4n) is 1.49. The molecule has 20 heavy (non-hydrogen) atoms. The normalized spacial score (nSPS) is 11.9. The lowest BCUT2D eigenvalue weighted by atomic mass is 9.87. The number of carbonyl (C=O) groups is 2. The highest BCUT2D eigenvalue weighted by molar-refractivity contribution is 6.05. The molecule has 0 bridgehead atoms. The smallest absolute Gasteiger partial charge is 0.413 e. The van der Waals surface area contributed by atoms with Gasteiger partial charge in [-0.1, -0.05) is 20.8 Å². The summed E-state index contributed by atoms with van der Waals surface area (Å²) in [4.78, 5) is 28.1. The first kappa shape index (κ1) is 16.1. The minimum atomic E-state index is -0.626. The Morgan fingerprint density at radius 1 is 1.15 bits per heavy atom. The van der Waals surface area contributed by atoms with Gasteiger partial charge in [0.2, 0.25) is 0 Å². The van der Waals surface area contributed by atoms with E-state index in [-0.39, 0.29) is 11.6 Å². The van der Waals surface area contributed by atoms with Gasteiger partial charge in [0, 0.05) is 11.6 Å². The molecule has 0 fully saturated rings. The molecule has 110 valence electrons. The molecule has 0 aliphatic rings. The molecule has 5 heteroatoms. The number of aromatic nitrogens is 1. The first-order valence-electron chi connectivity index (χ1n) is 6.50. The maximum absolute atomic E-state index is 12.3. The predicted octanol–water partition coefficient (Wildman–Crippen LogP) is 3.66. The lowest BCUT2D eigenvalue weighted by molar-refractivity contribution is 0.0635. The molecule has 1 heterocycles. The van der Waals surface area contributed by atoms with Crippen molar-refractivity contribution in [3.05, 3.63) is 23.9 Å². The summed E-state index contributed by atoms with van der Waals surface area (Å²) < 4.78 is 5.16. The van der Waals surface area contributed by atoms with Crippen molar-refractivity contribution in [3.63, 3.8) is 0 Å². The second-order valence-electron chi connectivity index (χ2n) is 6.61. The zero-order chi connectivity index (χ0) is 15.6. The van der Waals surface area contributed by atoms with Crippen LogP contribution < -0.4 is 5.32 Å². The largest absolute Gasteiger partial charge is 0.444 e. The second-order valence-corrected chi connectivity index (χ2v) is 6.61. The van der Waals surface area contributed by atoms with E-state index in [1.807, 2.05) is 20.8 Å². The van der Waals surface area contributed by atoms with Gasteiger partial charge < -0.3 is 4.74 Å². The molecule has 0 saturated heterocycles. The third-order valence-electron chi connectivity index (χ3n) is 2.35. The second kappa shape index (κ2) is 5.61. The van der Waals surface area contributed by atoms with Crippen molar-refractivity contribution < 1.29 is 14.3 Å². The number of Topliss-reactive ketones (excluding diaryl/α,β-unsaturated/α-hetero) is 1. The number of hydrogen-bond acceptors (Lipinski definition) is 4. The van der Waals surface area contributed by atoms with Crippen LogP contribution in [0.2, 0.25) is 0 Å². The van der Waals surface area contributed by atoms with E-state index >= 15 is 0 Å². The van der Waals surface area contributed by atoms with Gasteiger partial charge in [-0.25, -0.2) is 9.78 Å². The monoisotopic (exact) mass is 278 g/mol. The third-order valence-corrected chi connectivity index (χ3v) is 2.35. The van der Waals surface area contributed by atoms with E-state index < -0.39 is 17.1 Å². The molecule has 0 aromatic carbocycles. The molecule has 0 spiro atoms. The fourth-order valence-corrected chi connectivity index (χ4v) is 1.49. The maximum atomic E-state index is 12.3. The minimum Gasteiger partial charge on any atom is -0.444 e. The molecule has 5 nitrogen and oxygen atoms in total. The Labute approximate surface area is 119 Å². The van der Waals surface area contributed by atoms with Gasteiger partial charge in [-0.05, 0) is 32.9 Å². The van der Waals surface area contributed by atoms with Crippen LogP contribution in [-0.2, 0) is 4.74 Å². The molecule has 0 aliphatic heterocycles. The molecule has 1 N–H and O–H groups in total. The first-order chi connectivity index (χ1) is 9.00. The molecule has 0 aliphatic carbocycles. The molecule has 1 amide bonds. The van der Waals surface area contributed by atoms with E-state index in [0.717, 1.165) is 0 Å². The lowest BCUT2D eigenvalue weighted by Gasteiger charge is -2.21. The number of amides is 1. The third kappa shape index (κ3) is 4.64. The standard InChI is InChI=1S/C15H22N2O3/c1-14(2,3)11(18)10-8-7-9-16-12(10)17-13(19)20-15(4,5)6/h7-9H,1-6H3,(H,16,17,19). The van der Waals surface area contributed by atoms with Crippen LogP contribution in [-0.4, -0.2) is 22.5 Å². The number of nitrogens with one attached hydrogen (secondary N) is 1. The van der Waals surface area contributed by atoms with Gasteiger partial charge in [-0.15, -0.1) is 0 Å². The van der Waals surface area contributed by atoms with E-state index in [1.54, 1.807) is 32.9 Å². The predicted molar refractivity (Wildman–Crippen MR) is 77.9 cm³/mol. The Morgan fingerprint density at radius 2 is 1.75 bits per heavy atom. The van der Waals surface area contributed by atoms with Crippen LogP contribution in [0.25, 0.3) is 0 Å². The Balaban J connectivity index is 2.98. The van der Waals surface area contributed by atoms with Crippen LogP contribution in [0, 0.1) is 5.41 Å². The Bertz CT molecular complexity index is 511. The summed E-state index contributed by atoms with van der Waals surface area (Å²) in [6, 6.07) is 3.31. The number of hydrogen-bond donors (Lipinski definition) is 1. The zero-order valence-corrected chi connectivity index (χ0v) is 12.9. The van der Waals surface area contributed by atoms with Crippen molar-refractivity contribution in [2.24, 2.45) is 5.41 Å². The maximum Gasteiger partial charge on any atom is 0.413 e. The average Bonchev–Trinajstić information content (AvgIpc) is 2.24. The van der Waals surface area contributed by atoms with Gasteiger partial charge in [0.1, 0.15) is 11.4 Å². The molecule has 0 unspecified atom stereocenters. The van der Waals surface area contributed by atoms with Crippen LogP contribution in [0.5, 0.6) is 0 Å². The van der Waals surface area contributed by atoms with Crippen molar-refractivity contribution in [1.82, 2.24) is 4.98 Å². The zero-order valence-electron chi connectivity index (χ0n) is 12.9. The summed E-state index contributed by atoms with van der Waals surface area (Å²) in [6.45, 7) is 10.8. The summed E-state index contributed by atoms with van der Waals surface area (Å²) in [7, 11) is 0. The summed E-state index contributed by atoms with van der Waals surface area (Å²) >= 11 is 0. The number of carbonyl (C=O) groups excluding carboxylic acids is 2. The van der Waals surface area contributed by atoms with Gasteiger partial charge in [-0.3, -0.25) is 10.1 Å². The lowest BCUT2D eigenvalue weighted by Crippen LogP contribution is -2.29. The molecule has 1 aromatic heterocycles. The number of rotatable bonds is 2. The van der Waals surface area contributed by atoms with Crippen molar-refractivity contribution in [2.75, 3.05) is 5.32 Å². The van der Waals surface area contributed by atoms with Crippen LogP contribution in [0.1, 0.15) is 51.9 Å². The summed E-state index contributed by atoms with van der Waals surface area (Å²) in [5, 5.41) is 2.53. The number of ketones is 1. The highest BCUT2D eigenvalue weighted by Gasteiger charge is 2.26. The van der Waals surface area contributed by atoms with E-state index in [0.29, 0.717) is 5.56 Å². The van der Waals surface area contributed by atoms with Gasteiger partial charge in [0.25, 0.3) is 0 Å². The summed E-state index contributed by atoms with van der Waals surface area (Å²) in [6.07, 6.45) is 0.894. The molecule has 1 rings (SSSR count). The van der Waals surface area contributed by atoms with E-state index in [4.69, 9.17) is 4.74 Å². The molecule has 1 aromatic rings. The Morgan fingerprint density at radius 3 is 2.25 bits per heavy atom. The topological polar surface area (TPSA) is 68.3 Å². The quantitative estimate of drug-likeness (QED) is 0.838. The van der Waals surface area contributed by atoms with Crippen LogP contribution in [0.15, 0.2) is 18.3 Å². The van der Waals surface area contributed by atoms with Crippen LogP contribution >= 0.6 is 0 Å². The number of pyridine rings is 1. The van der Waals surface area contributed by atoms with Gasteiger partial charge >= 0.3 is 6.09 Å². The van der Waals surface area contributed by atoms with Gasteiger partial charge in [-0.2, -0.15) is 0 Å². The van der Waals surface area contributed by atoms with E-state index in [1.165, 1.54) is 6.20 Å². The number of nitrogens with zero attached hydrogens (tertiary/aromatic N) is 1. The SMILES string of the molecule is CC(C)(C)OC(=O)Nc1ncccc1C(=O)C(C)(C)C. The molecular weight excluding hydrogens is 256 g/mol. The minimum absolute atomic E-state index is 0.0864. The van der Waals surface area contributed by atoms with E-state index in [9.17, 15) is 9.59 Å². The fraction of sp³-hybridized carbons (Fsp3) is 0.533. The summed E-state index contributed by atoms with van der Waals surface area (Å²) in [5.74, 6) is 0.137. The van der Waals surface area contributed by atoms with Crippen molar-refractivity contribution in [1.29, 1.82) is 0 Å². The van der Waals surface area contributed by atoms with Crippen LogP contribution in [0.4, 0.5) is 10.6 Å². The van der Waals surface area contributed by atoms with Gasteiger partial charge in [0.05, 0.1) is 5.56 Å². The van der Waals surface area contributed by atoms with Gasteiger partial charge in [0.15, 0.2) is 5.78 Å². The average molecular weight is 278 g/mol. The van der Waals surface area contributed by atoms with Crippen molar-refractivity contribution in [3.8, 4) is 0 Å². The molecular formula is C15H22N2O3. The number of anilines is 1. The van der Waals surface area contributed by atoms with Crippen molar-refractivity contribution >= 4 is 17.7 Å². The van der Waals surface area contributed by atoms with Crippen LogP contribution in [0.3, 0.4) is 0 Å². The Kier molecular flexibility index (Phi) is 4.53. The van der Waals surface area contributed by atoms with E-state index in [2.05, 4.69) is 10.3 Å². The first-order valence-corrected chi connectivity index (χ1v) is 6.50. The highest BCUT2D eigenvalue weighted by atomic mass is 16.6. The Hall–Kier alpha value is -1.91. The molecule has 0 radical (unpaired) electrons. The molecule has 0 saturated carbocycles.